The van der Waals surface area contributed by atoms with Crippen LogP contribution < -0.4 is 4.90 Å². The predicted octanol–water partition coefficient (Wildman–Crippen LogP) is 1.77. The van der Waals surface area contributed by atoms with Crippen LogP contribution >= 0.6 is 15.9 Å². The van der Waals surface area contributed by atoms with Crippen LogP contribution in [0.5, 0.6) is 0 Å². The summed E-state index contributed by atoms with van der Waals surface area (Å²) in [6, 6.07) is 0. The van der Waals surface area contributed by atoms with Crippen molar-refractivity contribution >= 4 is 21.9 Å². The summed E-state index contributed by atoms with van der Waals surface area (Å²) in [5, 5.41) is 7.71. The molecule has 0 bridgehead atoms. The van der Waals surface area contributed by atoms with Crippen LogP contribution in [0.2, 0.25) is 0 Å². The molecule has 2 aromatic rings. The van der Waals surface area contributed by atoms with E-state index in [1.807, 2.05) is 12.4 Å². The highest BCUT2D eigenvalue weighted by Gasteiger charge is 2.23. The Bertz CT molecular complexity index is 645. The Morgan fingerprint density at radius 3 is 2.64 bits per heavy atom. The second kappa shape index (κ2) is 5.96. The van der Waals surface area contributed by atoms with Crippen molar-refractivity contribution in [3.8, 4) is 0 Å². The number of aromatic nitrogens is 4. The molecule has 116 valence electrons. The lowest BCUT2D eigenvalue weighted by atomic mass is 10.2. The van der Waals surface area contributed by atoms with E-state index in [0.717, 1.165) is 49.6 Å². The van der Waals surface area contributed by atoms with Gasteiger partial charge in [0.05, 0.1) is 10.2 Å². The highest BCUT2D eigenvalue weighted by molar-refractivity contribution is 9.10. The Labute approximate surface area is 138 Å². The van der Waals surface area contributed by atoms with E-state index in [9.17, 15) is 0 Å². The van der Waals surface area contributed by atoms with Gasteiger partial charge in [-0.2, -0.15) is 5.10 Å². The summed E-state index contributed by atoms with van der Waals surface area (Å²) in [7, 11) is 0. The Morgan fingerprint density at radius 2 is 1.86 bits per heavy atom. The molecule has 0 unspecified atom stereocenters. The fraction of sp³-hybridized carbons (Fsp3) is 0.533. The van der Waals surface area contributed by atoms with Crippen molar-refractivity contribution in [1.29, 1.82) is 0 Å². The van der Waals surface area contributed by atoms with E-state index in [1.165, 1.54) is 29.8 Å². The molecule has 1 aliphatic carbocycles. The number of nitrogens with one attached hydrogen (secondary N) is 1. The smallest absolute Gasteiger partial charge is 0.225 e. The predicted molar refractivity (Wildman–Crippen MR) is 87.8 cm³/mol. The van der Waals surface area contributed by atoms with Crippen molar-refractivity contribution in [2.45, 2.75) is 25.8 Å². The largest absolute Gasteiger partial charge is 0.338 e. The van der Waals surface area contributed by atoms with Crippen LogP contribution in [0.4, 0.5) is 5.95 Å². The first kappa shape index (κ1) is 14.1. The Hall–Kier alpha value is -1.47. The molecule has 1 N–H and O–H groups in total. The highest BCUT2D eigenvalue weighted by Crippen LogP contribution is 2.24. The van der Waals surface area contributed by atoms with Gasteiger partial charge < -0.3 is 4.90 Å². The molecule has 0 aromatic carbocycles. The Morgan fingerprint density at radius 1 is 1.09 bits per heavy atom. The molecular formula is C15H19BrN6. The fourth-order valence-electron chi connectivity index (χ4n) is 3.31. The van der Waals surface area contributed by atoms with Crippen molar-refractivity contribution < 1.29 is 0 Å². The zero-order valence-electron chi connectivity index (χ0n) is 12.4. The van der Waals surface area contributed by atoms with Gasteiger partial charge in [0.1, 0.15) is 0 Å². The molecule has 0 spiro atoms. The minimum atomic E-state index is 0.823. The molecule has 1 fully saturated rings. The van der Waals surface area contributed by atoms with E-state index >= 15 is 0 Å². The number of H-pyrrole nitrogens is 1. The second-order valence-corrected chi connectivity index (χ2v) is 6.86. The van der Waals surface area contributed by atoms with Gasteiger partial charge in [-0.3, -0.25) is 10.00 Å². The third-order valence-corrected chi connectivity index (χ3v) is 4.94. The minimum absolute atomic E-state index is 0.823. The van der Waals surface area contributed by atoms with Crippen LogP contribution in [0, 0.1) is 0 Å². The number of piperazine rings is 1. The van der Waals surface area contributed by atoms with Gasteiger partial charge in [-0.1, -0.05) is 0 Å². The summed E-state index contributed by atoms with van der Waals surface area (Å²) < 4.78 is 0.919. The number of aryl methyl sites for hydroxylation is 1. The van der Waals surface area contributed by atoms with Crippen LogP contribution in [0.25, 0.3) is 0 Å². The molecule has 0 radical (unpaired) electrons. The molecule has 0 atom stereocenters. The third-order valence-electron chi connectivity index (χ3n) is 4.53. The maximum Gasteiger partial charge on any atom is 0.225 e. The number of rotatable bonds is 3. The van der Waals surface area contributed by atoms with Gasteiger partial charge in [0.2, 0.25) is 5.95 Å². The maximum atomic E-state index is 4.51. The van der Waals surface area contributed by atoms with E-state index in [-0.39, 0.29) is 0 Å². The number of nitrogens with zero attached hydrogens (tertiary/aromatic N) is 5. The first-order chi connectivity index (χ1) is 10.8. The van der Waals surface area contributed by atoms with Crippen molar-refractivity contribution in [3.63, 3.8) is 0 Å². The fourth-order valence-corrected chi connectivity index (χ4v) is 3.51. The normalized spacial score (nSPS) is 18.7. The summed E-state index contributed by atoms with van der Waals surface area (Å²) in [6.45, 7) is 4.95. The number of hydrogen-bond donors (Lipinski definition) is 1. The lowest BCUT2D eigenvalue weighted by Crippen LogP contribution is -2.46. The van der Waals surface area contributed by atoms with Gasteiger partial charge in [-0.05, 0) is 40.8 Å². The summed E-state index contributed by atoms with van der Waals surface area (Å²) >= 11 is 3.38. The second-order valence-electron chi connectivity index (χ2n) is 5.95. The minimum Gasteiger partial charge on any atom is -0.338 e. The summed E-state index contributed by atoms with van der Waals surface area (Å²) in [5.74, 6) is 0.823. The van der Waals surface area contributed by atoms with Crippen LogP contribution in [0.1, 0.15) is 23.4 Å². The van der Waals surface area contributed by atoms with E-state index in [0.29, 0.717) is 0 Å². The number of hydrogen-bond acceptors (Lipinski definition) is 5. The standard InChI is InChI=1S/C15H19BrN6/c16-11-8-17-15(18-9-11)22-6-4-21(5-7-22)10-14-12-2-1-3-13(12)19-20-14/h8-9H,1-7,10H2,(H,19,20). The van der Waals surface area contributed by atoms with Gasteiger partial charge in [0.15, 0.2) is 0 Å². The highest BCUT2D eigenvalue weighted by atomic mass is 79.9. The molecule has 1 saturated heterocycles. The van der Waals surface area contributed by atoms with Gasteiger partial charge in [-0.25, -0.2) is 9.97 Å². The molecule has 1 aliphatic heterocycles. The maximum absolute atomic E-state index is 4.51. The van der Waals surface area contributed by atoms with E-state index in [1.54, 1.807) is 0 Å². The average Bonchev–Trinajstić information content (AvgIpc) is 3.14. The molecule has 3 heterocycles. The molecular weight excluding hydrogens is 344 g/mol. The quantitative estimate of drug-likeness (QED) is 0.901. The first-order valence-corrected chi connectivity index (χ1v) is 8.59. The summed E-state index contributed by atoms with van der Waals surface area (Å²) in [4.78, 5) is 13.5. The topological polar surface area (TPSA) is 60.9 Å². The number of halogens is 1. The zero-order chi connectivity index (χ0) is 14.9. The van der Waals surface area contributed by atoms with Gasteiger partial charge in [0.25, 0.3) is 0 Å². The Balaban J connectivity index is 1.36. The van der Waals surface area contributed by atoms with Gasteiger partial charge >= 0.3 is 0 Å². The van der Waals surface area contributed by atoms with E-state index in [2.05, 4.69) is 45.9 Å². The molecule has 0 saturated carbocycles. The van der Waals surface area contributed by atoms with Crippen molar-refractivity contribution in [2.75, 3.05) is 31.1 Å². The lowest BCUT2D eigenvalue weighted by molar-refractivity contribution is 0.245. The van der Waals surface area contributed by atoms with Crippen LogP contribution in [-0.4, -0.2) is 51.2 Å². The number of aromatic amines is 1. The van der Waals surface area contributed by atoms with Crippen molar-refractivity contribution in [2.24, 2.45) is 0 Å². The molecule has 0 amide bonds. The van der Waals surface area contributed by atoms with Gasteiger partial charge in [-0.15, -0.1) is 0 Å². The average molecular weight is 363 g/mol. The van der Waals surface area contributed by atoms with Crippen LogP contribution in [0.3, 0.4) is 0 Å². The van der Waals surface area contributed by atoms with E-state index < -0.39 is 0 Å². The summed E-state index contributed by atoms with van der Waals surface area (Å²) in [5.41, 5.74) is 4.08. The lowest BCUT2D eigenvalue weighted by Gasteiger charge is -2.34. The first-order valence-electron chi connectivity index (χ1n) is 7.79. The molecule has 2 aromatic heterocycles. The molecule has 7 heteroatoms. The van der Waals surface area contributed by atoms with Gasteiger partial charge in [0, 0.05) is 50.8 Å². The number of anilines is 1. The molecule has 6 nitrogen and oxygen atoms in total. The molecule has 4 rings (SSSR count). The SMILES string of the molecule is Brc1cnc(N2CCN(Cc3n[nH]c4c3CCC4)CC2)nc1. The molecule has 22 heavy (non-hydrogen) atoms. The van der Waals surface area contributed by atoms with Crippen LogP contribution in [-0.2, 0) is 19.4 Å². The summed E-state index contributed by atoms with van der Waals surface area (Å²) in [6.07, 6.45) is 7.24. The molecule has 2 aliphatic rings. The number of fused-ring (bicyclic) bond motifs is 1. The van der Waals surface area contributed by atoms with Crippen molar-refractivity contribution in [1.82, 2.24) is 25.1 Å². The monoisotopic (exact) mass is 362 g/mol. The zero-order valence-corrected chi connectivity index (χ0v) is 14.0. The third kappa shape index (κ3) is 2.75. The Kier molecular flexibility index (Phi) is 3.83. The van der Waals surface area contributed by atoms with E-state index in [4.69, 9.17) is 0 Å². The van der Waals surface area contributed by atoms with Crippen molar-refractivity contribution in [3.05, 3.63) is 33.8 Å². The van der Waals surface area contributed by atoms with Crippen LogP contribution in [0.15, 0.2) is 16.9 Å².